The number of hydrogen-bond acceptors (Lipinski definition) is 5. The van der Waals surface area contributed by atoms with Crippen LogP contribution in [0.15, 0.2) is 6.20 Å². The van der Waals surface area contributed by atoms with Crippen LogP contribution in [0.3, 0.4) is 0 Å². The van der Waals surface area contributed by atoms with Crippen molar-refractivity contribution in [3.8, 4) is 0 Å². The standard InChI is InChI=1S/C16H22N6O2/c1-9-19-15(21-20-9)13-6-5-11(24-13)7-17-16(23)12-8-18-22(2)14(12)10-3-4-10/h8,10-11,13H,3-7H2,1-2H3,(H,17,23)(H,19,20,21)/t11-,13+/m1/s1. The fourth-order valence-corrected chi connectivity index (χ4v) is 3.31. The predicted octanol–water partition coefficient (Wildman–Crippen LogP) is 1.37. The average Bonchev–Trinajstić information content (AvgIpc) is 2.97. The lowest BCUT2D eigenvalue weighted by Gasteiger charge is -2.13. The lowest BCUT2D eigenvalue weighted by molar-refractivity contribution is 0.0392. The first-order valence-electron chi connectivity index (χ1n) is 8.46. The van der Waals surface area contributed by atoms with Crippen LogP contribution in [0.1, 0.15) is 65.4 Å². The van der Waals surface area contributed by atoms with Crippen molar-refractivity contribution in [2.75, 3.05) is 6.54 Å². The molecule has 2 aliphatic rings. The molecule has 2 atom stereocenters. The number of aryl methyl sites for hydroxylation is 2. The Morgan fingerprint density at radius 2 is 2.25 bits per heavy atom. The molecule has 2 N–H and O–H groups in total. The van der Waals surface area contributed by atoms with Gasteiger partial charge in [-0.15, -0.1) is 0 Å². The Morgan fingerprint density at radius 1 is 1.42 bits per heavy atom. The van der Waals surface area contributed by atoms with E-state index in [0.29, 0.717) is 23.9 Å². The summed E-state index contributed by atoms with van der Waals surface area (Å²) in [5.41, 5.74) is 1.74. The molecule has 1 aliphatic carbocycles. The van der Waals surface area contributed by atoms with Gasteiger partial charge in [0.25, 0.3) is 5.91 Å². The third-order valence-electron chi connectivity index (χ3n) is 4.69. The lowest BCUT2D eigenvalue weighted by Crippen LogP contribution is -2.32. The highest BCUT2D eigenvalue weighted by atomic mass is 16.5. The topological polar surface area (TPSA) is 97.7 Å². The number of rotatable bonds is 5. The van der Waals surface area contributed by atoms with Gasteiger partial charge in [-0.05, 0) is 32.6 Å². The molecule has 4 rings (SSSR count). The van der Waals surface area contributed by atoms with Crippen molar-refractivity contribution in [3.63, 3.8) is 0 Å². The van der Waals surface area contributed by atoms with Crippen LogP contribution in [0.4, 0.5) is 0 Å². The van der Waals surface area contributed by atoms with Gasteiger partial charge in [-0.1, -0.05) is 0 Å². The van der Waals surface area contributed by atoms with Gasteiger partial charge in [-0.2, -0.15) is 10.2 Å². The number of nitrogens with zero attached hydrogens (tertiary/aromatic N) is 4. The molecular formula is C16H22N6O2. The summed E-state index contributed by atoms with van der Waals surface area (Å²) < 4.78 is 7.78. The van der Waals surface area contributed by atoms with Crippen LogP contribution < -0.4 is 5.32 Å². The molecule has 24 heavy (non-hydrogen) atoms. The van der Waals surface area contributed by atoms with Gasteiger partial charge in [-0.3, -0.25) is 14.6 Å². The van der Waals surface area contributed by atoms with Gasteiger partial charge in [0, 0.05) is 19.5 Å². The smallest absolute Gasteiger partial charge is 0.254 e. The second kappa shape index (κ2) is 6.01. The number of carbonyl (C=O) groups is 1. The Kier molecular flexibility index (Phi) is 3.84. The molecule has 1 saturated carbocycles. The molecule has 1 saturated heterocycles. The second-order valence-corrected chi connectivity index (χ2v) is 6.65. The molecule has 128 valence electrons. The van der Waals surface area contributed by atoms with Crippen LogP contribution in [0, 0.1) is 6.92 Å². The third kappa shape index (κ3) is 2.93. The quantitative estimate of drug-likeness (QED) is 0.863. The zero-order valence-corrected chi connectivity index (χ0v) is 14.0. The fourth-order valence-electron chi connectivity index (χ4n) is 3.31. The summed E-state index contributed by atoms with van der Waals surface area (Å²) in [5, 5.41) is 14.2. The minimum Gasteiger partial charge on any atom is -0.365 e. The Balaban J connectivity index is 1.33. The second-order valence-electron chi connectivity index (χ2n) is 6.65. The summed E-state index contributed by atoms with van der Waals surface area (Å²) in [7, 11) is 1.90. The molecule has 2 aromatic heterocycles. The van der Waals surface area contributed by atoms with E-state index in [2.05, 4.69) is 25.6 Å². The van der Waals surface area contributed by atoms with Crippen LogP contribution in [0.5, 0.6) is 0 Å². The van der Waals surface area contributed by atoms with Crippen molar-refractivity contribution in [2.45, 2.75) is 50.7 Å². The maximum Gasteiger partial charge on any atom is 0.254 e. The molecule has 0 aromatic carbocycles. The van der Waals surface area contributed by atoms with E-state index >= 15 is 0 Å². The first-order chi connectivity index (χ1) is 11.6. The number of H-pyrrole nitrogens is 1. The maximum atomic E-state index is 12.5. The van der Waals surface area contributed by atoms with E-state index in [9.17, 15) is 4.79 Å². The Labute approximate surface area is 140 Å². The number of hydrogen-bond donors (Lipinski definition) is 2. The van der Waals surface area contributed by atoms with E-state index in [4.69, 9.17) is 4.74 Å². The molecule has 0 unspecified atom stereocenters. The summed E-state index contributed by atoms with van der Waals surface area (Å²) in [5.74, 6) is 1.91. The molecule has 0 spiro atoms. The van der Waals surface area contributed by atoms with Gasteiger partial charge in [0.15, 0.2) is 5.82 Å². The molecule has 8 nitrogen and oxygen atoms in total. The Morgan fingerprint density at radius 3 is 2.96 bits per heavy atom. The van der Waals surface area contributed by atoms with E-state index in [-0.39, 0.29) is 18.1 Å². The van der Waals surface area contributed by atoms with Crippen LogP contribution in [0.25, 0.3) is 0 Å². The molecular weight excluding hydrogens is 308 g/mol. The van der Waals surface area contributed by atoms with Gasteiger partial charge in [0.1, 0.15) is 11.9 Å². The van der Waals surface area contributed by atoms with Crippen LogP contribution in [-0.4, -0.2) is 43.5 Å². The Hall–Kier alpha value is -2.22. The third-order valence-corrected chi connectivity index (χ3v) is 4.69. The summed E-state index contributed by atoms with van der Waals surface area (Å²) in [4.78, 5) is 16.8. The molecule has 0 radical (unpaired) electrons. The summed E-state index contributed by atoms with van der Waals surface area (Å²) >= 11 is 0. The molecule has 1 amide bonds. The first kappa shape index (κ1) is 15.3. The van der Waals surface area contributed by atoms with E-state index in [1.54, 1.807) is 6.20 Å². The fraction of sp³-hybridized carbons (Fsp3) is 0.625. The molecule has 8 heteroatoms. The zero-order chi connectivity index (χ0) is 16.7. The van der Waals surface area contributed by atoms with Crippen molar-refractivity contribution < 1.29 is 9.53 Å². The Bertz CT molecular complexity index is 748. The van der Waals surface area contributed by atoms with Crippen LogP contribution >= 0.6 is 0 Å². The van der Waals surface area contributed by atoms with Gasteiger partial charge in [0.2, 0.25) is 0 Å². The van der Waals surface area contributed by atoms with Crippen LogP contribution in [0.2, 0.25) is 0 Å². The van der Waals surface area contributed by atoms with Crippen molar-refractivity contribution in [1.82, 2.24) is 30.3 Å². The maximum absolute atomic E-state index is 12.5. The van der Waals surface area contributed by atoms with Crippen molar-refractivity contribution in [1.29, 1.82) is 0 Å². The number of amides is 1. The minimum absolute atomic E-state index is 0.00111. The molecule has 3 heterocycles. The van der Waals surface area contributed by atoms with E-state index in [0.717, 1.165) is 37.2 Å². The first-order valence-corrected chi connectivity index (χ1v) is 8.46. The number of aromatic nitrogens is 5. The van der Waals surface area contributed by atoms with Crippen LogP contribution in [-0.2, 0) is 11.8 Å². The van der Waals surface area contributed by atoms with E-state index < -0.39 is 0 Å². The molecule has 1 aliphatic heterocycles. The van der Waals surface area contributed by atoms with Crippen molar-refractivity contribution in [2.24, 2.45) is 7.05 Å². The largest absolute Gasteiger partial charge is 0.365 e. The van der Waals surface area contributed by atoms with Gasteiger partial charge < -0.3 is 10.1 Å². The van der Waals surface area contributed by atoms with Crippen molar-refractivity contribution in [3.05, 3.63) is 29.1 Å². The highest BCUT2D eigenvalue weighted by molar-refractivity contribution is 5.95. The van der Waals surface area contributed by atoms with Gasteiger partial charge in [0.05, 0.1) is 23.6 Å². The number of carbonyl (C=O) groups excluding carboxylic acids is 1. The van der Waals surface area contributed by atoms with E-state index in [1.807, 2.05) is 18.7 Å². The summed E-state index contributed by atoms with van der Waals surface area (Å²) in [6.07, 6.45) is 5.62. The zero-order valence-electron chi connectivity index (χ0n) is 14.0. The van der Waals surface area contributed by atoms with Gasteiger partial charge in [-0.25, -0.2) is 4.98 Å². The number of aromatic amines is 1. The average molecular weight is 330 g/mol. The number of nitrogens with one attached hydrogen (secondary N) is 2. The normalized spacial score (nSPS) is 23.6. The highest BCUT2D eigenvalue weighted by Crippen LogP contribution is 2.41. The predicted molar refractivity (Wildman–Crippen MR) is 85.5 cm³/mol. The van der Waals surface area contributed by atoms with Crippen molar-refractivity contribution >= 4 is 5.91 Å². The summed E-state index contributed by atoms with van der Waals surface area (Å²) in [6.45, 7) is 2.37. The molecule has 2 fully saturated rings. The molecule has 2 aromatic rings. The summed E-state index contributed by atoms with van der Waals surface area (Å²) in [6, 6.07) is 0. The highest BCUT2D eigenvalue weighted by Gasteiger charge is 2.33. The molecule has 0 bridgehead atoms. The van der Waals surface area contributed by atoms with Gasteiger partial charge >= 0.3 is 0 Å². The SMILES string of the molecule is Cc1nc([C@@H]2CC[C@H](CNC(=O)c3cnn(C)c3C3CC3)O2)n[nH]1. The van der Waals surface area contributed by atoms with E-state index in [1.165, 1.54) is 0 Å². The monoisotopic (exact) mass is 330 g/mol. The minimum atomic E-state index is -0.0859. The number of ether oxygens (including phenoxy) is 1. The lowest BCUT2D eigenvalue weighted by atomic mass is 10.1.